The molecule has 14 atom stereocenters. The highest BCUT2D eigenvalue weighted by Gasteiger charge is 2.59. The van der Waals surface area contributed by atoms with E-state index in [0.717, 1.165) is 0 Å². The summed E-state index contributed by atoms with van der Waals surface area (Å²) in [6, 6.07) is 0. The molecule has 0 aromatic carbocycles. The summed E-state index contributed by atoms with van der Waals surface area (Å²) < 4.78 is 26.4. The summed E-state index contributed by atoms with van der Waals surface area (Å²) in [6.45, 7) is -3.16. The molecule has 0 amide bonds. The van der Waals surface area contributed by atoms with Crippen LogP contribution in [0.5, 0.6) is 0 Å². The third-order valence-corrected chi connectivity index (χ3v) is 6.16. The molecule has 0 aromatic rings. The van der Waals surface area contributed by atoms with Gasteiger partial charge in [0.15, 0.2) is 12.6 Å². The van der Waals surface area contributed by atoms with Crippen LogP contribution in [0.1, 0.15) is 0 Å². The Hall–Kier alpha value is -0.640. The van der Waals surface area contributed by atoms with E-state index in [1.54, 1.807) is 0 Å². The molecular formula is C18H32O16. The van der Waals surface area contributed by atoms with E-state index in [9.17, 15) is 56.2 Å². The van der Waals surface area contributed by atoms with Crippen LogP contribution in [0.2, 0.25) is 0 Å². The van der Waals surface area contributed by atoms with E-state index in [1.807, 2.05) is 0 Å². The Morgan fingerprint density at radius 3 is 1.59 bits per heavy atom. The van der Waals surface area contributed by atoms with Crippen LogP contribution in [0.3, 0.4) is 0 Å². The SMILES string of the molecule is OC[C@H]1O[C@H](OC[C@H]2O[C@@](CO)(OC3O[C@H](CO)[C@@H](O)[C@H](O)[C@H]3O)[C@@H](O)[C@@H]2O)[C@H](O)[C@@H](O)[C@@H]1O. The predicted molar refractivity (Wildman–Crippen MR) is 101 cm³/mol. The number of aliphatic hydroxyl groups excluding tert-OH is 11. The van der Waals surface area contributed by atoms with Crippen molar-refractivity contribution in [1.82, 2.24) is 0 Å². The van der Waals surface area contributed by atoms with Crippen LogP contribution < -0.4 is 0 Å². The number of aliphatic hydroxyl groups is 11. The number of ether oxygens (including phenoxy) is 5. The lowest BCUT2D eigenvalue weighted by Gasteiger charge is -2.43. The zero-order valence-corrected chi connectivity index (χ0v) is 17.8. The molecule has 3 saturated heterocycles. The topological polar surface area (TPSA) is 269 Å². The first-order valence-corrected chi connectivity index (χ1v) is 10.6. The highest BCUT2D eigenvalue weighted by atomic mass is 16.8. The van der Waals surface area contributed by atoms with Gasteiger partial charge in [-0.05, 0) is 0 Å². The van der Waals surface area contributed by atoms with Crippen molar-refractivity contribution in [3.8, 4) is 0 Å². The first-order valence-electron chi connectivity index (χ1n) is 10.6. The Morgan fingerprint density at radius 2 is 1.09 bits per heavy atom. The second-order valence-corrected chi connectivity index (χ2v) is 8.41. The normalized spacial score (nSPS) is 52.1. The van der Waals surface area contributed by atoms with Gasteiger partial charge in [-0.3, -0.25) is 0 Å². The van der Waals surface area contributed by atoms with Crippen molar-refractivity contribution in [2.24, 2.45) is 0 Å². The van der Waals surface area contributed by atoms with Crippen LogP contribution in [0.25, 0.3) is 0 Å². The Labute approximate surface area is 192 Å². The molecule has 3 fully saturated rings. The molecule has 0 spiro atoms. The number of hydrogen-bond acceptors (Lipinski definition) is 16. The molecule has 11 N–H and O–H groups in total. The van der Waals surface area contributed by atoms with Gasteiger partial charge < -0.3 is 79.9 Å². The second-order valence-electron chi connectivity index (χ2n) is 8.41. The van der Waals surface area contributed by atoms with Gasteiger partial charge in [-0.25, -0.2) is 0 Å². The van der Waals surface area contributed by atoms with E-state index in [2.05, 4.69) is 0 Å². The highest BCUT2D eigenvalue weighted by molar-refractivity contribution is 4.99. The maximum atomic E-state index is 10.5. The summed E-state index contributed by atoms with van der Waals surface area (Å²) in [5, 5.41) is 109. The van der Waals surface area contributed by atoms with Gasteiger partial charge in [0.1, 0.15) is 73.8 Å². The van der Waals surface area contributed by atoms with Crippen molar-refractivity contribution in [2.45, 2.75) is 85.5 Å². The molecule has 16 heteroatoms. The molecular weight excluding hydrogens is 472 g/mol. The average molecular weight is 504 g/mol. The third-order valence-electron chi connectivity index (χ3n) is 6.16. The quantitative estimate of drug-likeness (QED) is 0.146. The fourth-order valence-electron chi connectivity index (χ4n) is 4.01. The van der Waals surface area contributed by atoms with Gasteiger partial charge in [-0.1, -0.05) is 0 Å². The Morgan fingerprint density at radius 1 is 0.588 bits per heavy atom. The molecule has 16 nitrogen and oxygen atoms in total. The van der Waals surface area contributed by atoms with Gasteiger partial charge in [0.2, 0.25) is 5.79 Å². The molecule has 0 aliphatic carbocycles. The lowest BCUT2D eigenvalue weighted by atomic mass is 9.99. The minimum atomic E-state index is -2.41. The van der Waals surface area contributed by atoms with Crippen LogP contribution >= 0.6 is 0 Å². The van der Waals surface area contributed by atoms with E-state index < -0.39 is 112 Å². The Bertz CT molecular complexity index is 651. The predicted octanol–water partition coefficient (Wildman–Crippen LogP) is -7.57. The summed E-state index contributed by atoms with van der Waals surface area (Å²) in [5.74, 6) is -2.41. The standard InChI is InChI=1S/C18H32O16/c19-1-5-8(22)11(25)13(27)16(31-5)30-3-7-10(24)15(29)18(4-21,33-7)34-17-14(28)12(26)9(23)6(2-20)32-17/h5-17,19-29H,1-4H2/t5-,6-,7-,8-,9-,10-,11+,12+,13-,14-,15+,16+,17?,18+/m1/s1. The molecule has 34 heavy (non-hydrogen) atoms. The van der Waals surface area contributed by atoms with Crippen LogP contribution in [-0.2, 0) is 23.7 Å². The summed E-state index contributed by atoms with van der Waals surface area (Å²) in [4.78, 5) is 0. The van der Waals surface area contributed by atoms with Crippen molar-refractivity contribution in [3.05, 3.63) is 0 Å². The molecule has 0 saturated carbocycles. The molecule has 0 aromatic heterocycles. The molecule has 0 radical (unpaired) electrons. The van der Waals surface area contributed by atoms with Gasteiger partial charge >= 0.3 is 0 Å². The second kappa shape index (κ2) is 11.2. The summed E-state index contributed by atoms with van der Waals surface area (Å²) in [6.07, 6.45) is -21.6. The van der Waals surface area contributed by atoms with Gasteiger partial charge in [-0.15, -0.1) is 0 Å². The van der Waals surface area contributed by atoms with Crippen molar-refractivity contribution in [3.63, 3.8) is 0 Å². The largest absolute Gasteiger partial charge is 0.394 e. The molecule has 3 aliphatic heterocycles. The molecule has 3 heterocycles. The molecule has 200 valence electrons. The lowest BCUT2D eigenvalue weighted by Crippen LogP contribution is -2.62. The fourth-order valence-corrected chi connectivity index (χ4v) is 4.01. The lowest BCUT2D eigenvalue weighted by molar-refractivity contribution is -0.385. The van der Waals surface area contributed by atoms with Crippen LogP contribution in [0.4, 0.5) is 0 Å². The number of rotatable bonds is 8. The Balaban J connectivity index is 1.67. The van der Waals surface area contributed by atoms with E-state index in [4.69, 9.17) is 23.7 Å². The van der Waals surface area contributed by atoms with E-state index in [1.165, 1.54) is 0 Å². The van der Waals surface area contributed by atoms with Crippen LogP contribution in [-0.4, -0.2) is 168 Å². The minimum absolute atomic E-state index is 0.610. The first-order chi connectivity index (χ1) is 16.0. The molecule has 1 unspecified atom stereocenters. The van der Waals surface area contributed by atoms with Crippen LogP contribution in [0, 0.1) is 0 Å². The maximum absolute atomic E-state index is 10.5. The first kappa shape index (κ1) is 27.9. The number of hydrogen-bond donors (Lipinski definition) is 11. The smallest absolute Gasteiger partial charge is 0.224 e. The third kappa shape index (κ3) is 5.09. The Kier molecular flexibility index (Phi) is 9.18. The summed E-state index contributed by atoms with van der Waals surface area (Å²) >= 11 is 0. The van der Waals surface area contributed by atoms with Gasteiger partial charge in [0.05, 0.1) is 19.8 Å². The zero-order valence-electron chi connectivity index (χ0n) is 17.8. The van der Waals surface area contributed by atoms with Crippen molar-refractivity contribution in [1.29, 1.82) is 0 Å². The van der Waals surface area contributed by atoms with Gasteiger partial charge in [0, 0.05) is 0 Å². The van der Waals surface area contributed by atoms with Crippen molar-refractivity contribution < 1.29 is 79.9 Å². The van der Waals surface area contributed by atoms with E-state index >= 15 is 0 Å². The van der Waals surface area contributed by atoms with Gasteiger partial charge in [-0.2, -0.15) is 0 Å². The van der Waals surface area contributed by atoms with E-state index in [-0.39, 0.29) is 0 Å². The van der Waals surface area contributed by atoms with Crippen molar-refractivity contribution in [2.75, 3.05) is 26.4 Å². The maximum Gasteiger partial charge on any atom is 0.224 e. The minimum Gasteiger partial charge on any atom is -0.394 e. The average Bonchev–Trinajstić information content (AvgIpc) is 3.07. The van der Waals surface area contributed by atoms with E-state index in [0.29, 0.717) is 0 Å². The summed E-state index contributed by atoms with van der Waals surface area (Å²) in [7, 11) is 0. The van der Waals surface area contributed by atoms with Gasteiger partial charge in [0.25, 0.3) is 0 Å². The highest BCUT2D eigenvalue weighted by Crippen LogP contribution is 2.36. The van der Waals surface area contributed by atoms with Crippen molar-refractivity contribution >= 4 is 0 Å². The molecule has 3 aliphatic rings. The fraction of sp³-hybridized carbons (Fsp3) is 1.00. The molecule has 3 rings (SSSR count). The molecule has 0 bridgehead atoms. The zero-order chi connectivity index (χ0) is 25.4. The summed E-state index contributed by atoms with van der Waals surface area (Å²) in [5.41, 5.74) is 0. The monoisotopic (exact) mass is 504 g/mol. The van der Waals surface area contributed by atoms with Crippen LogP contribution in [0.15, 0.2) is 0 Å².